The Morgan fingerprint density at radius 1 is 0.852 bits per heavy atom. The van der Waals surface area contributed by atoms with Crippen molar-refractivity contribution in [3.8, 4) is 0 Å². The molecule has 0 radical (unpaired) electrons. The van der Waals surface area contributed by atoms with Crippen LogP contribution in [0.3, 0.4) is 0 Å². The first-order chi connectivity index (χ1) is 13.2. The van der Waals surface area contributed by atoms with Crippen molar-refractivity contribution in [3.63, 3.8) is 0 Å². The van der Waals surface area contributed by atoms with Gasteiger partial charge >= 0.3 is 0 Å². The maximum Gasteiger partial charge on any atom is 0.285 e. The molecule has 27 heavy (non-hydrogen) atoms. The minimum atomic E-state index is -0.896. The summed E-state index contributed by atoms with van der Waals surface area (Å²) in [5, 5.41) is 3.37. The standard InChI is InChI=1S/C22H44N2O3/c1-5-9-10-11-12-13-15-20(16-14-17-21-23-18-19-24-21)22(25-6-2,26-7-3)27-8-4/h20H,5-19H2,1-4H3,(H,23,24). The molecule has 5 nitrogen and oxygen atoms in total. The van der Waals surface area contributed by atoms with Gasteiger partial charge in [0, 0.05) is 38.7 Å². The van der Waals surface area contributed by atoms with Gasteiger partial charge in [0.15, 0.2) is 0 Å². The van der Waals surface area contributed by atoms with E-state index < -0.39 is 5.97 Å². The van der Waals surface area contributed by atoms with Crippen LogP contribution in [0.25, 0.3) is 0 Å². The largest absolute Gasteiger partial charge is 0.372 e. The van der Waals surface area contributed by atoms with Crippen LogP contribution in [-0.4, -0.2) is 44.7 Å². The van der Waals surface area contributed by atoms with Crippen LogP contribution in [0, 0.1) is 5.92 Å². The van der Waals surface area contributed by atoms with Gasteiger partial charge in [-0.15, -0.1) is 0 Å². The summed E-state index contributed by atoms with van der Waals surface area (Å²) in [5.41, 5.74) is 0. The summed E-state index contributed by atoms with van der Waals surface area (Å²) in [5.74, 6) is 0.515. The molecule has 0 amide bonds. The maximum absolute atomic E-state index is 6.10. The number of amidine groups is 1. The van der Waals surface area contributed by atoms with Gasteiger partial charge in [0.05, 0.1) is 12.4 Å². The first-order valence-corrected chi connectivity index (χ1v) is 11.4. The fraction of sp³-hybridized carbons (Fsp3) is 0.955. The lowest BCUT2D eigenvalue weighted by molar-refractivity contribution is -0.403. The number of hydrogen-bond donors (Lipinski definition) is 1. The number of nitrogens with one attached hydrogen (secondary N) is 1. The second-order valence-corrected chi connectivity index (χ2v) is 7.30. The molecule has 1 aliphatic rings. The van der Waals surface area contributed by atoms with E-state index >= 15 is 0 Å². The number of hydrogen-bond acceptors (Lipinski definition) is 5. The van der Waals surface area contributed by atoms with E-state index in [2.05, 4.69) is 17.2 Å². The summed E-state index contributed by atoms with van der Waals surface area (Å²) in [7, 11) is 0. The van der Waals surface area contributed by atoms with E-state index in [1.165, 1.54) is 38.5 Å². The smallest absolute Gasteiger partial charge is 0.285 e. The monoisotopic (exact) mass is 384 g/mol. The van der Waals surface area contributed by atoms with Crippen molar-refractivity contribution in [2.24, 2.45) is 10.9 Å². The van der Waals surface area contributed by atoms with Gasteiger partial charge in [-0.05, 0) is 40.0 Å². The molecule has 1 rings (SSSR count). The van der Waals surface area contributed by atoms with Crippen LogP contribution in [0.1, 0.15) is 91.9 Å². The van der Waals surface area contributed by atoms with Crippen LogP contribution in [-0.2, 0) is 14.2 Å². The molecule has 0 aromatic heterocycles. The molecular weight excluding hydrogens is 340 g/mol. The Labute approximate surface area is 167 Å². The first-order valence-electron chi connectivity index (χ1n) is 11.4. The molecule has 0 saturated heterocycles. The van der Waals surface area contributed by atoms with Crippen molar-refractivity contribution in [3.05, 3.63) is 0 Å². The number of aliphatic imine (C=N–C) groups is 1. The predicted octanol–water partition coefficient (Wildman–Crippen LogP) is 5.29. The Hall–Kier alpha value is -0.650. The van der Waals surface area contributed by atoms with E-state index in [1.54, 1.807) is 0 Å². The van der Waals surface area contributed by atoms with E-state index in [9.17, 15) is 0 Å². The van der Waals surface area contributed by atoms with Crippen LogP contribution in [0.5, 0.6) is 0 Å². The summed E-state index contributed by atoms with van der Waals surface area (Å²) in [6.45, 7) is 12.0. The highest BCUT2D eigenvalue weighted by molar-refractivity contribution is 5.83. The highest BCUT2D eigenvalue weighted by Gasteiger charge is 2.41. The normalized spacial score (nSPS) is 15.6. The van der Waals surface area contributed by atoms with Crippen LogP contribution < -0.4 is 5.32 Å². The zero-order chi connectivity index (χ0) is 19.8. The zero-order valence-electron chi connectivity index (χ0n) is 18.4. The molecule has 1 unspecified atom stereocenters. The minimum Gasteiger partial charge on any atom is -0.372 e. The quantitative estimate of drug-likeness (QED) is 0.258. The second kappa shape index (κ2) is 15.3. The van der Waals surface area contributed by atoms with Crippen molar-refractivity contribution in [2.45, 2.75) is 97.9 Å². The van der Waals surface area contributed by atoms with Crippen LogP contribution in [0.4, 0.5) is 0 Å². The topological polar surface area (TPSA) is 52.1 Å². The van der Waals surface area contributed by atoms with Crippen molar-refractivity contribution >= 4 is 5.84 Å². The van der Waals surface area contributed by atoms with Crippen molar-refractivity contribution in [2.75, 3.05) is 32.9 Å². The van der Waals surface area contributed by atoms with E-state index in [4.69, 9.17) is 14.2 Å². The molecule has 1 aliphatic heterocycles. The summed E-state index contributed by atoms with van der Waals surface area (Å²) < 4.78 is 18.3. The van der Waals surface area contributed by atoms with E-state index in [-0.39, 0.29) is 5.92 Å². The highest BCUT2D eigenvalue weighted by atomic mass is 16.9. The third kappa shape index (κ3) is 9.40. The van der Waals surface area contributed by atoms with Gasteiger partial charge in [-0.25, -0.2) is 0 Å². The molecule has 1 N–H and O–H groups in total. The Balaban J connectivity index is 2.65. The molecule has 0 fully saturated rings. The van der Waals surface area contributed by atoms with E-state index in [0.717, 1.165) is 44.6 Å². The summed E-state index contributed by atoms with van der Waals surface area (Å²) in [4.78, 5) is 4.52. The average Bonchev–Trinajstić information content (AvgIpc) is 3.17. The molecule has 0 bridgehead atoms. The zero-order valence-corrected chi connectivity index (χ0v) is 18.4. The number of nitrogens with zero attached hydrogens (tertiary/aromatic N) is 1. The molecule has 5 heteroatoms. The van der Waals surface area contributed by atoms with Crippen LogP contribution in [0.2, 0.25) is 0 Å². The lowest BCUT2D eigenvalue weighted by atomic mass is 9.92. The van der Waals surface area contributed by atoms with Gasteiger partial charge in [-0.2, -0.15) is 0 Å². The maximum atomic E-state index is 6.10. The second-order valence-electron chi connectivity index (χ2n) is 7.30. The summed E-state index contributed by atoms with van der Waals surface area (Å²) in [6.07, 6.45) is 12.0. The summed E-state index contributed by atoms with van der Waals surface area (Å²) >= 11 is 0. The molecule has 0 aromatic rings. The molecule has 160 valence electrons. The van der Waals surface area contributed by atoms with Gasteiger partial charge in [0.25, 0.3) is 5.97 Å². The van der Waals surface area contributed by atoms with E-state index in [1.807, 2.05) is 20.8 Å². The molecule has 0 saturated carbocycles. The van der Waals surface area contributed by atoms with Crippen molar-refractivity contribution in [1.29, 1.82) is 0 Å². The lowest BCUT2D eigenvalue weighted by Gasteiger charge is -2.39. The Bertz CT molecular complexity index is 371. The fourth-order valence-electron chi connectivity index (χ4n) is 3.88. The van der Waals surface area contributed by atoms with Crippen LogP contribution >= 0.6 is 0 Å². The van der Waals surface area contributed by atoms with Gasteiger partial charge < -0.3 is 19.5 Å². The predicted molar refractivity (Wildman–Crippen MR) is 113 cm³/mol. The third-order valence-corrected chi connectivity index (χ3v) is 5.15. The number of ether oxygens (including phenoxy) is 3. The number of unbranched alkanes of at least 4 members (excludes halogenated alkanes) is 5. The fourth-order valence-corrected chi connectivity index (χ4v) is 3.88. The highest BCUT2D eigenvalue weighted by Crippen LogP contribution is 2.34. The van der Waals surface area contributed by atoms with Gasteiger partial charge in [0.2, 0.25) is 0 Å². The molecule has 1 atom stereocenters. The van der Waals surface area contributed by atoms with E-state index in [0.29, 0.717) is 19.8 Å². The summed E-state index contributed by atoms with van der Waals surface area (Å²) in [6, 6.07) is 0. The van der Waals surface area contributed by atoms with Crippen molar-refractivity contribution in [1.82, 2.24) is 5.32 Å². The molecule has 0 aliphatic carbocycles. The Morgan fingerprint density at radius 2 is 1.44 bits per heavy atom. The number of rotatable bonds is 18. The van der Waals surface area contributed by atoms with Crippen molar-refractivity contribution < 1.29 is 14.2 Å². The molecule has 0 aromatic carbocycles. The molecule has 0 spiro atoms. The third-order valence-electron chi connectivity index (χ3n) is 5.15. The Kier molecular flexibility index (Phi) is 13.8. The average molecular weight is 385 g/mol. The SMILES string of the molecule is CCCCCCCCC(CCCC1=NCCN1)C(OCC)(OCC)OCC. The first kappa shape index (κ1) is 24.4. The van der Waals surface area contributed by atoms with Gasteiger partial charge in [-0.3, -0.25) is 4.99 Å². The minimum absolute atomic E-state index is 0.255. The van der Waals surface area contributed by atoms with Gasteiger partial charge in [-0.1, -0.05) is 45.4 Å². The van der Waals surface area contributed by atoms with Crippen LogP contribution in [0.15, 0.2) is 4.99 Å². The molecular formula is C22H44N2O3. The lowest BCUT2D eigenvalue weighted by Crippen LogP contribution is -2.47. The Morgan fingerprint density at radius 3 is 2.00 bits per heavy atom. The molecule has 1 heterocycles. The van der Waals surface area contributed by atoms with Gasteiger partial charge in [0.1, 0.15) is 0 Å².